The second-order valence-electron chi connectivity index (χ2n) is 5.69. The van der Waals surface area contributed by atoms with E-state index in [0.29, 0.717) is 0 Å². The summed E-state index contributed by atoms with van der Waals surface area (Å²) >= 11 is 6.27. The highest BCUT2D eigenvalue weighted by Crippen LogP contribution is 2.34. The smallest absolute Gasteiger partial charge is 0.132 e. The van der Waals surface area contributed by atoms with E-state index < -0.39 is 0 Å². The highest BCUT2D eigenvalue weighted by atomic mass is 35.5. The normalized spacial score (nSPS) is 18.1. The van der Waals surface area contributed by atoms with Gasteiger partial charge in [-0.15, -0.1) is 0 Å². The fraction of sp³-hybridized carbons (Fsp3) is 0.167. The molecule has 110 valence electrons. The van der Waals surface area contributed by atoms with Gasteiger partial charge in [-0.2, -0.15) is 0 Å². The fourth-order valence-electron chi connectivity index (χ4n) is 3.03. The average molecular weight is 310 g/mol. The number of fused-ring (bicyclic) bond motifs is 2. The van der Waals surface area contributed by atoms with Crippen LogP contribution in [0.4, 0.5) is 11.4 Å². The summed E-state index contributed by atoms with van der Waals surface area (Å²) in [5.41, 5.74) is 11.1. The molecule has 2 heterocycles. The molecule has 1 fully saturated rings. The molecule has 4 heteroatoms. The maximum absolute atomic E-state index is 6.27. The number of benzene rings is 2. The maximum Gasteiger partial charge on any atom is 0.132 e. The summed E-state index contributed by atoms with van der Waals surface area (Å²) in [7, 11) is 0. The minimum Gasteiger partial charge on any atom is -0.399 e. The molecule has 0 spiro atoms. The zero-order valence-corrected chi connectivity index (χ0v) is 12.8. The van der Waals surface area contributed by atoms with Gasteiger partial charge in [0.2, 0.25) is 0 Å². The van der Waals surface area contributed by atoms with Crippen LogP contribution >= 0.6 is 11.6 Å². The van der Waals surface area contributed by atoms with Crippen molar-refractivity contribution in [3.8, 4) is 0 Å². The molecule has 3 nitrogen and oxygen atoms in total. The molecule has 0 amide bonds. The predicted molar refractivity (Wildman–Crippen MR) is 92.4 cm³/mol. The van der Waals surface area contributed by atoms with Gasteiger partial charge in [-0.05, 0) is 47.4 Å². The molecule has 2 aliphatic rings. The van der Waals surface area contributed by atoms with Crippen LogP contribution in [0.1, 0.15) is 17.5 Å². The van der Waals surface area contributed by atoms with Crippen LogP contribution in [-0.2, 0) is 6.54 Å². The van der Waals surface area contributed by atoms with E-state index in [4.69, 9.17) is 22.3 Å². The van der Waals surface area contributed by atoms with Gasteiger partial charge in [0.05, 0.1) is 5.69 Å². The van der Waals surface area contributed by atoms with Crippen LogP contribution in [0.2, 0.25) is 5.02 Å². The van der Waals surface area contributed by atoms with Crippen molar-refractivity contribution in [2.75, 3.05) is 12.3 Å². The Balaban J connectivity index is 1.77. The Bertz CT molecular complexity index is 808. The van der Waals surface area contributed by atoms with E-state index in [0.717, 1.165) is 47.3 Å². The van der Waals surface area contributed by atoms with Gasteiger partial charge in [0.15, 0.2) is 0 Å². The third kappa shape index (κ3) is 2.28. The van der Waals surface area contributed by atoms with Crippen LogP contribution in [0.3, 0.4) is 0 Å². The average Bonchev–Trinajstić information content (AvgIpc) is 2.89. The summed E-state index contributed by atoms with van der Waals surface area (Å²) in [5, 5.41) is 0.773. The lowest BCUT2D eigenvalue weighted by molar-refractivity contribution is 0.443. The number of rotatable bonds is 1. The molecule has 0 aromatic heterocycles. The number of aliphatic imine (C=N–C) groups is 1. The second kappa shape index (κ2) is 5.18. The van der Waals surface area contributed by atoms with Gasteiger partial charge < -0.3 is 10.6 Å². The summed E-state index contributed by atoms with van der Waals surface area (Å²) in [6.45, 7) is 1.90. The molecular weight excluding hydrogens is 294 g/mol. The summed E-state index contributed by atoms with van der Waals surface area (Å²) in [5.74, 6) is 1.05. The molecule has 1 saturated heterocycles. The highest BCUT2D eigenvalue weighted by Gasteiger charge is 2.28. The number of anilines is 1. The molecule has 0 aliphatic carbocycles. The Morgan fingerprint density at radius 1 is 1.18 bits per heavy atom. The van der Waals surface area contributed by atoms with Gasteiger partial charge in [-0.3, -0.25) is 0 Å². The van der Waals surface area contributed by atoms with Crippen LogP contribution in [0.15, 0.2) is 53.0 Å². The lowest BCUT2D eigenvalue weighted by atomic mass is 10.1. The Labute approximate surface area is 134 Å². The molecule has 4 rings (SSSR count). The quantitative estimate of drug-likeness (QED) is 0.800. The van der Waals surface area contributed by atoms with Crippen LogP contribution in [0.5, 0.6) is 0 Å². The third-order valence-corrected chi connectivity index (χ3v) is 4.51. The van der Waals surface area contributed by atoms with Crippen molar-refractivity contribution >= 4 is 34.9 Å². The molecule has 2 N–H and O–H groups in total. The fourth-order valence-corrected chi connectivity index (χ4v) is 3.22. The lowest BCUT2D eigenvalue weighted by Gasteiger charge is -2.25. The minimum absolute atomic E-state index is 0.756. The molecule has 22 heavy (non-hydrogen) atoms. The molecule has 0 atom stereocenters. The Kier molecular flexibility index (Phi) is 3.16. The highest BCUT2D eigenvalue weighted by molar-refractivity contribution is 6.32. The molecule has 0 unspecified atom stereocenters. The number of hydrogen-bond donors (Lipinski definition) is 1. The molecule has 0 radical (unpaired) electrons. The van der Waals surface area contributed by atoms with Crippen molar-refractivity contribution in [1.82, 2.24) is 4.90 Å². The second-order valence-corrected chi connectivity index (χ2v) is 6.09. The van der Waals surface area contributed by atoms with Crippen LogP contribution in [0.25, 0.3) is 6.08 Å². The zero-order chi connectivity index (χ0) is 15.1. The number of nitrogens with two attached hydrogens (primary N) is 1. The van der Waals surface area contributed by atoms with Gasteiger partial charge in [-0.1, -0.05) is 35.9 Å². The minimum atomic E-state index is 0.756. The predicted octanol–water partition coefficient (Wildman–Crippen LogP) is 4.26. The van der Waals surface area contributed by atoms with E-state index >= 15 is 0 Å². The lowest BCUT2D eigenvalue weighted by Crippen LogP contribution is -2.27. The van der Waals surface area contributed by atoms with Gasteiger partial charge in [0.1, 0.15) is 5.84 Å². The van der Waals surface area contributed by atoms with Gasteiger partial charge >= 0.3 is 0 Å². The maximum atomic E-state index is 6.27. The monoisotopic (exact) mass is 309 g/mol. The van der Waals surface area contributed by atoms with Crippen molar-refractivity contribution < 1.29 is 0 Å². The van der Waals surface area contributed by atoms with Crippen molar-refractivity contribution in [3.63, 3.8) is 0 Å². The van der Waals surface area contributed by atoms with Crippen molar-refractivity contribution in [2.24, 2.45) is 4.99 Å². The van der Waals surface area contributed by atoms with Crippen LogP contribution in [-0.4, -0.2) is 17.3 Å². The number of nitrogens with zero attached hydrogens (tertiary/aromatic N) is 2. The summed E-state index contributed by atoms with van der Waals surface area (Å²) in [6, 6.07) is 13.9. The molecule has 2 aromatic carbocycles. The molecule has 2 aromatic rings. The number of nitrogen functional groups attached to an aromatic ring is 1. The van der Waals surface area contributed by atoms with E-state index in [-0.39, 0.29) is 0 Å². The van der Waals surface area contributed by atoms with E-state index in [1.54, 1.807) is 0 Å². The Hall–Kier alpha value is -2.26. The first-order chi connectivity index (χ1) is 10.7. The van der Waals surface area contributed by atoms with Gasteiger partial charge in [-0.25, -0.2) is 4.99 Å². The molecule has 0 saturated carbocycles. The van der Waals surface area contributed by atoms with Crippen molar-refractivity contribution in [1.29, 1.82) is 0 Å². The first kappa shape index (κ1) is 13.4. The Morgan fingerprint density at radius 2 is 2.05 bits per heavy atom. The molecule has 0 bridgehead atoms. The standard InChI is InChI=1S/C18H16ClN3/c19-16-4-2-1-3-12(16)9-13-7-8-22-11-14-5-6-15(20)10-17(14)21-18(13)22/h1-6,9-10H,7-8,11,20H2. The summed E-state index contributed by atoms with van der Waals surface area (Å²) in [6.07, 6.45) is 3.14. The van der Waals surface area contributed by atoms with Gasteiger partial charge in [0.25, 0.3) is 0 Å². The number of halogens is 1. The van der Waals surface area contributed by atoms with Crippen molar-refractivity contribution in [3.05, 3.63) is 64.2 Å². The molecular formula is C18H16ClN3. The topological polar surface area (TPSA) is 41.6 Å². The largest absolute Gasteiger partial charge is 0.399 e. The first-order valence-corrected chi connectivity index (χ1v) is 7.76. The first-order valence-electron chi connectivity index (χ1n) is 7.38. The van der Waals surface area contributed by atoms with E-state index in [1.807, 2.05) is 36.4 Å². The zero-order valence-electron chi connectivity index (χ0n) is 12.1. The van der Waals surface area contributed by atoms with Gasteiger partial charge in [0, 0.05) is 23.8 Å². The molecule has 2 aliphatic heterocycles. The Morgan fingerprint density at radius 3 is 2.91 bits per heavy atom. The van der Waals surface area contributed by atoms with Crippen LogP contribution in [0, 0.1) is 0 Å². The van der Waals surface area contributed by atoms with Crippen molar-refractivity contribution in [2.45, 2.75) is 13.0 Å². The summed E-state index contributed by atoms with van der Waals surface area (Å²) in [4.78, 5) is 7.15. The SMILES string of the molecule is Nc1ccc2c(c1)N=C1C(=Cc3ccccc3Cl)CCN1C2. The van der Waals surface area contributed by atoms with Crippen LogP contribution < -0.4 is 5.73 Å². The van der Waals surface area contributed by atoms with E-state index in [9.17, 15) is 0 Å². The van der Waals surface area contributed by atoms with E-state index in [2.05, 4.69) is 17.0 Å². The third-order valence-electron chi connectivity index (χ3n) is 4.17. The summed E-state index contributed by atoms with van der Waals surface area (Å²) < 4.78 is 0. The number of amidine groups is 1. The number of hydrogen-bond acceptors (Lipinski definition) is 3. The van der Waals surface area contributed by atoms with E-state index in [1.165, 1.54) is 11.1 Å².